The Bertz CT molecular complexity index is 874. The molecule has 0 saturated heterocycles. The van der Waals surface area contributed by atoms with Crippen molar-refractivity contribution >= 4 is 11.8 Å². The zero-order valence-electron chi connectivity index (χ0n) is 13.2. The van der Waals surface area contributed by atoms with E-state index in [0.717, 1.165) is 22.9 Å². The first-order valence-corrected chi connectivity index (χ1v) is 7.98. The van der Waals surface area contributed by atoms with Gasteiger partial charge in [-0.25, -0.2) is 4.68 Å². The molecule has 2 heterocycles. The summed E-state index contributed by atoms with van der Waals surface area (Å²) in [5, 5.41) is 13.9. The lowest BCUT2D eigenvalue weighted by Gasteiger charge is -2.08. The topological polar surface area (TPSA) is 95.7 Å². The minimum Gasteiger partial charge on any atom is -0.419 e. The van der Waals surface area contributed by atoms with E-state index in [-0.39, 0.29) is 11.0 Å². The fourth-order valence-electron chi connectivity index (χ4n) is 1.97. The third-order valence-electron chi connectivity index (χ3n) is 3.29. The predicted molar refractivity (Wildman–Crippen MR) is 83.9 cm³/mol. The van der Waals surface area contributed by atoms with Crippen LogP contribution in [-0.2, 0) is 6.18 Å². The zero-order chi connectivity index (χ0) is 18.2. The molecule has 1 atom stereocenters. The molecule has 3 aromatic rings. The Morgan fingerprint density at radius 1 is 1.12 bits per heavy atom. The van der Waals surface area contributed by atoms with Crippen LogP contribution < -0.4 is 5.84 Å². The Labute approximate surface area is 144 Å². The van der Waals surface area contributed by atoms with Crippen LogP contribution in [0.15, 0.2) is 33.8 Å². The molecular formula is C14H13F3N6OS. The lowest BCUT2D eigenvalue weighted by atomic mass is 10.1. The largest absolute Gasteiger partial charge is 0.453 e. The van der Waals surface area contributed by atoms with Crippen LogP contribution in [0.3, 0.4) is 0 Å². The molecule has 0 radical (unpaired) electrons. The number of thioether (sulfide) groups is 1. The smallest absolute Gasteiger partial charge is 0.419 e. The number of rotatable bonds is 4. The van der Waals surface area contributed by atoms with Crippen LogP contribution in [0.5, 0.6) is 0 Å². The van der Waals surface area contributed by atoms with Gasteiger partial charge in [0.2, 0.25) is 16.9 Å². The van der Waals surface area contributed by atoms with Crippen LogP contribution in [0.1, 0.15) is 29.5 Å². The molecule has 0 aliphatic carbocycles. The van der Waals surface area contributed by atoms with Crippen molar-refractivity contribution in [2.45, 2.75) is 30.4 Å². The molecule has 11 heteroatoms. The summed E-state index contributed by atoms with van der Waals surface area (Å²) >= 11 is 0.939. The van der Waals surface area contributed by atoms with E-state index >= 15 is 0 Å². The van der Waals surface area contributed by atoms with Crippen LogP contribution in [-0.4, -0.2) is 25.1 Å². The second-order valence-electron chi connectivity index (χ2n) is 5.25. The van der Waals surface area contributed by atoms with Crippen molar-refractivity contribution in [2.24, 2.45) is 0 Å². The maximum Gasteiger partial charge on any atom is 0.453 e. The highest BCUT2D eigenvalue weighted by molar-refractivity contribution is 7.99. The third-order valence-corrected chi connectivity index (χ3v) is 4.33. The first-order chi connectivity index (χ1) is 11.8. The van der Waals surface area contributed by atoms with E-state index < -0.39 is 17.3 Å². The van der Waals surface area contributed by atoms with Gasteiger partial charge in [-0.05, 0) is 26.0 Å². The van der Waals surface area contributed by atoms with E-state index in [0.29, 0.717) is 10.6 Å². The molecule has 0 aliphatic heterocycles. The van der Waals surface area contributed by atoms with Crippen LogP contribution >= 0.6 is 11.8 Å². The minimum absolute atomic E-state index is 0.102. The zero-order valence-corrected chi connectivity index (χ0v) is 14.0. The summed E-state index contributed by atoms with van der Waals surface area (Å²) in [5.41, 5.74) is 1.85. The maximum atomic E-state index is 12.7. The predicted octanol–water partition coefficient (Wildman–Crippen LogP) is 3.22. The molecular weight excluding hydrogens is 357 g/mol. The van der Waals surface area contributed by atoms with E-state index in [1.807, 2.05) is 31.2 Å². The number of alkyl halides is 3. The van der Waals surface area contributed by atoms with Gasteiger partial charge in [-0.2, -0.15) is 13.2 Å². The fourth-order valence-corrected chi connectivity index (χ4v) is 2.77. The van der Waals surface area contributed by atoms with E-state index in [1.54, 1.807) is 6.92 Å². The summed E-state index contributed by atoms with van der Waals surface area (Å²) in [6.07, 6.45) is -4.67. The SMILES string of the molecule is Cc1ccc(-c2nnc([C@@H](C)Sc3nnc(C(F)(F)F)n3N)o2)cc1. The fraction of sp³-hybridized carbons (Fsp3) is 0.286. The van der Waals surface area contributed by atoms with Gasteiger partial charge in [-0.15, -0.1) is 20.4 Å². The molecule has 0 spiro atoms. The molecule has 2 N–H and O–H groups in total. The Morgan fingerprint density at radius 3 is 2.40 bits per heavy atom. The van der Waals surface area contributed by atoms with Gasteiger partial charge in [0, 0.05) is 5.56 Å². The number of nitrogen functional groups attached to an aromatic ring is 1. The highest BCUT2D eigenvalue weighted by Crippen LogP contribution is 2.36. The van der Waals surface area contributed by atoms with Crippen LogP contribution in [0.25, 0.3) is 11.5 Å². The van der Waals surface area contributed by atoms with Crippen molar-refractivity contribution in [1.82, 2.24) is 25.1 Å². The molecule has 7 nitrogen and oxygen atoms in total. The van der Waals surface area contributed by atoms with Crippen molar-refractivity contribution in [3.8, 4) is 11.5 Å². The van der Waals surface area contributed by atoms with Crippen molar-refractivity contribution < 1.29 is 17.6 Å². The van der Waals surface area contributed by atoms with E-state index in [2.05, 4.69) is 20.4 Å². The van der Waals surface area contributed by atoms with Crippen LogP contribution in [0.4, 0.5) is 13.2 Å². The van der Waals surface area contributed by atoms with E-state index in [4.69, 9.17) is 10.3 Å². The summed E-state index contributed by atoms with van der Waals surface area (Å²) in [4.78, 5) is 0. The Hall–Kier alpha value is -2.56. The van der Waals surface area contributed by atoms with Gasteiger partial charge in [0.1, 0.15) is 0 Å². The van der Waals surface area contributed by atoms with Crippen molar-refractivity contribution in [2.75, 3.05) is 5.84 Å². The van der Waals surface area contributed by atoms with Gasteiger partial charge in [-0.3, -0.25) is 0 Å². The van der Waals surface area contributed by atoms with Gasteiger partial charge >= 0.3 is 6.18 Å². The normalized spacial score (nSPS) is 13.2. The number of hydrogen-bond acceptors (Lipinski definition) is 7. The Kier molecular flexibility index (Phi) is 4.41. The van der Waals surface area contributed by atoms with Crippen molar-refractivity contribution in [3.05, 3.63) is 41.5 Å². The van der Waals surface area contributed by atoms with Gasteiger partial charge in [-0.1, -0.05) is 29.5 Å². The summed E-state index contributed by atoms with van der Waals surface area (Å²) in [6.45, 7) is 3.65. The molecule has 0 amide bonds. The minimum atomic E-state index is -4.67. The molecule has 1 aromatic carbocycles. The molecule has 0 saturated carbocycles. The first kappa shape index (κ1) is 17.3. The first-order valence-electron chi connectivity index (χ1n) is 7.10. The van der Waals surface area contributed by atoms with Crippen LogP contribution in [0.2, 0.25) is 0 Å². The molecule has 0 aliphatic rings. The number of nitrogens with zero attached hydrogens (tertiary/aromatic N) is 5. The number of hydrogen-bond donors (Lipinski definition) is 1. The lowest BCUT2D eigenvalue weighted by molar-refractivity contribution is -0.146. The highest BCUT2D eigenvalue weighted by atomic mass is 32.2. The highest BCUT2D eigenvalue weighted by Gasteiger charge is 2.38. The molecule has 0 unspecified atom stereocenters. The number of aromatic nitrogens is 5. The van der Waals surface area contributed by atoms with Gasteiger partial charge in [0.15, 0.2) is 0 Å². The Balaban J connectivity index is 1.77. The molecule has 132 valence electrons. The maximum absolute atomic E-state index is 12.7. The van der Waals surface area contributed by atoms with Gasteiger partial charge < -0.3 is 10.3 Å². The number of aryl methyl sites for hydroxylation is 1. The summed E-state index contributed by atoms with van der Waals surface area (Å²) in [5.74, 6) is 4.71. The average Bonchev–Trinajstić information content (AvgIpc) is 3.15. The molecule has 3 rings (SSSR count). The number of benzene rings is 1. The molecule has 2 aromatic heterocycles. The summed E-state index contributed by atoms with van der Waals surface area (Å²) in [6, 6.07) is 7.51. The summed E-state index contributed by atoms with van der Waals surface area (Å²) < 4.78 is 44.1. The Morgan fingerprint density at radius 2 is 1.80 bits per heavy atom. The van der Waals surface area contributed by atoms with E-state index in [9.17, 15) is 13.2 Å². The van der Waals surface area contributed by atoms with Crippen LogP contribution in [0, 0.1) is 6.92 Å². The van der Waals surface area contributed by atoms with Crippen molar-refractivity contribution in [1.29, 1.82) is 0 Å². The van der Waals surface area contributed by atoms with Gasteiger partial charge in [0.25, 0.3) is 5.82 Å². The van der Waals surface area contributed by atoms with Crippen molar-refractivity contribution in [3.63, 3.8) is 0 Å². The third kappa shape index (κ3) is 3.60. The lowest BCUT2D eigenvalue weighted by Crippen LogP contribution is -2.21. The second kappa shape index (κ2) is 6.39. The molecule has 0 bridgehead atoms. The molecule has 0 fully saturated rings. The summed E-state index contributed by atoms with van der Waals surface area (Å²) in [7, 11) is 0. The monoisotopic (exact) mass is 370 g/mol. The number of halogens is 3. The molecule has 25 heavy (non-hydrogen) atoms. The van der Waals surface area contributed by atoms with E-state index in [1.165, 1.54) is 0 Å². The standard InChI is InChI=1S/C14H13F3N6OS/c1-7-3-5-9(6-4-7)11-20-19-10(24-11)8(2)25-13-22-21-12(23(13)18)14(15,16)17/h3-6,8H,18H2,1-2H3/t8-/m1/s1. The van der Waals surface area contributed by atoms with Gasteiger partial charge in [0.05, 0.1) is 5.25 Å². The quantitative estimate of drug-likeness (QED) is 0.556. The second-order valence-corrected chi connectivity index (χ2v) is 6.55. The average molecular weight is 370 g/mol. The number of nitrogens with two attached hydrogens (primary N) is 1.